The van der Waals surface area contributed by atoms with Crippen molar-refractivity contribution < 1.29 is 5.11 Å². The Balaban J connectivity index is 0.00000243. The molecule has 0 spiro atoms. The number of benzene rings is 1. The lowest BCUT2D eigenvalue weighted by Gasteiger charge is -2.21. The summed E-state index contributed by atoms with van der Waals surface area (Å²) in [5, 5.41) is 13.8. The van der Waals surface area contributed by atoms with Crippen molar-refractivity contribution in [3.8, 4) is 0 Å². The van der Waals surface area contributed by atoms with Crippen LogP contribution in [0.25, 0.3) is 0 Å². The molecule has 0 saturated heterocycles. The number of hydrogen-bond donors (Lipinski definition) is 2. The summed E-state index contributed by atoms with van der Waals surface area (Å²) < 4.78 is 0. The van der Waals surface area contributed by atoms with Gasteiger partial charge in [0.15, 0.2) is 5.96 Å². The van der Waals surface area contributed by atoms with Crippen LogP contribution >= 0.6 is 35.3 Å². The van der Waals surface area contributed by atoms with E-state index in [1.165, 1.54) is 34.8 Å². The van der Waals surface area contributed by atoms with Gasteiger partial charge in [-0.15, -0.1) is 35.3 Å². The number of aliphatic imine (C=N–C) groups is 1. The Labute approximate surface area is 176 Å². The van der Waals surface area contributed by atoms with Crippen molar-refractivity contribution >= 4 is 41.3 Å². The van der Waals surface area contributed by atoms with E-state index in [1.54, 1.807) is 7.05 Å². The van der Waals surface area contributed by atoms with Crippen molar-refractivity contribution in [3.63, 3.8) is 0 Å². The summed E-state index contributed by atoms with van der Waals surface area (Å²) in [6.45, 7) is 1.52. The zero-order valence-electron chi connectivity index (χ0n) is 15.4. The highest BCUT2D eigenvalue weighted by Crippen LogP contribution is 2.27. The van der Waals surface area contributed by atoms with Gasteiger partial charge in [-0.25, -0.2) is 4.98 Å². The molecule has 3 rings (SSSR count). The molecule has 1 aromatic carbocycles. The summed E-state index contributed by atoms with van der Waals surface area (Å²) in [4.78, 5) is 12.8. The first-order valence-electron chi connectivity index (χ1n) is 8.77. The molecule has 1 aliphatic carbocycles. The molecule has 5 nitrogen and oxygen atoms in total. The van der Waals surface area contributed by atoms with Gasteiger partial charge in [-0.2, -0.15) is 0 Å². The minimum absolute atomic E-state index is 0. The zero-order valence-corrected chi connectivity index (χ0v) is 18.5. The van der Waals surface area contributed by atoms with E-state index in [0.29, 0.717) is 6.54 Å². The second-order valence-electron chi connectivity index (χ2n) is 6.42. The molecule has 0 radical (unpaired) electrons. The Bertz CT molecular complexity index is 723. The van der Waals surface area contributed by atoms with Crippen LogP contribution in [0, 0.1) is 0 Å². The molecule has 0 amide bonds. The first kappa shape index (κ1) is 21.1. The van der Waals surface area contributed by atoms with Crippen LogP contribution in [0.1, 0.15) is 39.5 Å². The lowest BCUT2D eigenvalue weighted by molar-refractivity contribution is 0.281. The van der Waals surface area contributed by atoms with Crippen LogP contribution in [0.15, 0.2) is 29.3 Å². The van der Waals surface area contributed by atoms with Crippen molar-refractivity contribution in [3.05, 3.63) is 51.0 Å². The molecule has 0 saturated carbocycles. The Hall–Kier alpha value is -1.19. The third kappa shape index (κ3) is 5.40. The zero-order chi connectivity index (χ0) is 17.6. The van der Waals surface area contributed by atoms with Crippen LogP contribution in [-0.4, -0.2) is 35.0 Å². The molecule has 2 aromatic rings. The van der Waals surface area contributed by atoms with E-state index in [9.17, 15) is 5.11 Å². The number of halogens is 1. The Kier molecular flexibility index (Phi) is 8.30. The topological polar surface area (TPSA) is 60.8 Å². The quantitative estimate of drug-likeness (QED) is 0.387. The number of thiazole rings is 1. The summed E-state index contributed by atoms with van der Waals surface area (Å²) >= 11 is 1.85. The van der Waals surface area contributed by atoms with Crippen LogP contribution in [0.4, 0.5) is 0 Å². The van der Waals surface area contributed by atoms with Crippen LogP contribution in [-0.2, 0) is 32.5 Å². The lowest BCUT2D eigenvalue weighted by Crippen LogP contribution is -2.38. The summed E-state index contributed by atoms with van der Waals surface area (Å²) in [6, 6.07) is 7.95. The van der Waals surface area contributed by atoms with Crippen LogP contribution < -0.4 is 5.32 Å². The van der Waals surface area contributed by atoms with Crippen LogP contribution in [0.3, 0.4) is 0 Å². The molecule has 2 N–H and O–H groups in total. The maximum Gasteiger partial charge on any atom is 0.194 e. The average molecular weight is 486 g/mol. The van der Waals surface area contributed by atoms with Crippen molar-refractivity contribution in [2.24, 2.45) is 4.99 Å². The van der Waals surface area contributed by atoms with Gasteiger partial charge in [-0.3, -0.25) is 4.99 Å². The Morgan fingerprint density at radius 1 is 1.31 bits per heavy atom. The van der Waals surface area contributed by atoms with Crippen LogP contribution in [0.2, 0.25) is 0 Å². The number of aryl methyl sites for hydroxylation is 2. The highest BCUT2D eigenvalue weighted by molar-refractivity contribution is 14.0. The number of aliphatic hydroxyl groups is 1. The van der Waals surface area contributed by atoms with Gasteiger partial charge in [0, 0.05) is 25.5 Å². The summed E-state index contributed by atoms with van der Waals surface area (Å²) in [6.07, 6.45) is 4.87. The van der Waals surface area contributed by atoms with E-state index in [4.69, 9.17) is 4.98 Å². The third-order valence-corrected chi connectivity index (χ3v) is 5.60. The van der Waals surface area contributed by atoms with E-state index >= 15 is 0 Å². The predicted octanol–water partition coefficient (Wildman–Crippen LogP) is 3.34. The van der Waals surface area contributed by atoms with Crippen molar-refractivity contribution in [2.75, 3.05) is 14.1 Å². The number of rotatable bonds is 5. The van der Waals surface area contributed by atoms with Gasteiger partial charge < -0.3 is 15.3 Å². The number of fused-ring (bicyclic) bond motifs is 1. The molecule has 0 aliphatic heterocycles. The average Bonchev–Trinajstić information content (AvgIpc) is 3.04. The van der Waals surface area contributed by atoms with Crippen molar-refractivity contribution in [1.82, 2.24) is 15.2 Å². The molecular weight excluding hydrogens is 459 g/mol. The Morgan fingerprint density at radius 2 is 2.08 bits per heavy atom. The fraction of sp³-hybridized carbons (Fsp3) is 0.474. The number of aliphatic hydroxyl groups excluding tert-OH is 1. The van der Waals surface area contributed by atoms with Gasteiger partial charge >= 0.3 is 0 Å². The molecule has 0 fully saturated rings. The second-order valence-corrected chi connectivity index (χ2v) is 7.59. The number of nitrogens with one attached hydrogen (secondary N) is 1. The maximum absolute atomic E-state index is 9.25. The second kappa shape index (κ2) is 10.2. The largest absolute Gasteiger partial charge is 0.392 e. The van der Waals surface area contributed by atoms with Gasteiger partial charge in [-0.1, -0.05) is 24.3 Å². The van der Waals surface area contributed by atoms with E-state index in [-0.39, 0.29) is 30.6 Å². The van der Waals surface area contributed by atoms with Crippen LogP contribution in [0.5, 0.6) is 0 Å². The highest BCUT2D eigenvalue weighted by atomic mass is 127. The Morgan fingerprint density at radius 3 is 2.81 bits per heavy atom. The van der Waals surface area contributed by atoms with Gasteiger partial charge in [0.05, 0.1) is 18.8 Å². The highest BCUT2D eigenvalue weighted by Gasteiger charge is 2.16. The minimum atomic E-state index is 0. The van der Waals surface area contributed by atoms with E-state index in [1.807, 2.05) is 42.6 Å². The number of nitrogens with zero attached hydrogens (tertiary/aromatic N) is 3. The van der Waals surface area contributed by atoms with E-state index < -0.39 is 0 Å². The van der Waals surface area contributed by atoms with Gasteiger partial charge in [0.1, 0.15) is 5.01 Å². The molecule has 0 unspecified atom stereocenters. The normalized spacial score (nSPS) is 13.7. The number of aromatic nitrogens is 1. The summed E-state index contributed by atoms with van der Waals surface area (Å²) in [5.41, 5.74) is 3.37. The molecule has 26 heavy (non-hydrogen) atoms. The predicted molar refractivity (Wildman–Crippen MR) is 118 cm³/mol. The van der Waals surface area contributed by atoms with Crippen molar-refractivity contribution in [1.29, 1.82) is 0 Å². The monoisotopic (exact) mass is 486 g/mol. The molecular formula is C19H27IN4OS. The fourth-order valence-corrected chi connectivity index (χ4v) is 4.37. The standard InChI is InChI=1S/C19H26N4OS.HI/c1-20-19(21-11-14-6-5-7-15(10-14)13-24)23(2)12-18-22-16-8-3-4-9-17(16)25-18;/h5-7,10,24H,3-4,8-9,11-13H2,1-2H3,(H,20,21);1H. The molecule has 7 heteroatoms. The van der Waals surface area contributed by atoms with Gasteiger partial charge in [-0.05, 0) is 36.8 Å². The molecule has 142 valence electrons. The van der Waals surface area contributed by atoms with Crippen molar-refractivity contribution in [2.45, 2.75) is 45.4 Å². The van der Waals surface area contributed by atoms with Gasteiger partial charge in [0.2, 0.25) is 0 Å². The number of guanidine groups is 1. The SMILES string of the molecule is CN=C(NCc1cccc(CO)c1)N(C)Cc1nc2c(s1)CCCC2.I. The smallest absolute Gasteiger partial charge is 0.194 e. The number of hydrogen-bond acceptors (Lipinski definition) is 4. The van der Waals surface area contributed by atoms with E-state index in [2.05, 4.69) is 15.2 Å². The molecule has 1 heterocycles. The lowest BCUT2D eigenvalue weighted by atomic mass is 10.0. The van der Waals surface area contributed by atoms with Gasteiger partial charge in [0.25, 0.3) is 0 Å². The third-order valence-electron chi connectivity index (χ3n) is 4.46. The fourth-order valence-electron chi connectivity index (χ4n) is 3.15. The minimum Gasteiger partial charge on any atom is -0.392 e. The molecule has 1 aliphatic rings. The molecule has 0 atom stereocenters. The molecule has 0 bridgehead atoms. The molecule has 1 aromatic heterocycles. The maximum atomic E-state index is 9.25. The summed E-state index contributed by atoms with van der Waals surface area (Å²) in [5.74, 6) is 0.850. The first-order chi connectivity index (χ1) is 12.2. The summed E-state index contributed by atoms with van der Waals surface area (Å²) in [7, 11) is 3.84. The first-order valence-corrected chi connectivity index (χ1v) is 9.59. The van der Waals surface area contributed by atoms with E-state index in [0.717, 1.165) is 30.1 Å².